The molecule has 0 amide bonds. The van der Waals surface area contributed by atoms with Gasteiger partial charge in [0, 0.05) is 19.3 Å². The van der Waals surface area contributed by atoms with Gasteiger partial charge in [0.25, 0.3) is 0 Å². The van der Waals surface area contributed by atoms with Gasteiger partial charge in [-0.3, -0.25) is 4.68 Å². The highest BCUT2D eigenvalue weighted by Crippen LogP contribution is 2.00. The Hall–Kier alpha value is -1.09. The zero-order chi connectivity index (χ0) is 8.81. The highest BCUT2D eigenvalue weighted by molar-refractivity contribution is 5.44. The molecular weight excluding hydrogens is 150 g/mol. The van der Waals surface area contributed by atoms with Crippen molar-refractivity contribution in [1.82, 2.24) is 15.1 Å². The number of likely N-dealkylation sites (N-methyl/N-ethyl adjacent to an activating group) is 1. The molecule has 0 aromatic carbocycles. The number of nitrogens with one attached hydrogen (secondary N) is 1. The van der Waals surface area contributed by atoms with Gasteiger partial charge in [0.1, 0.15) is 0 Å². The molecule has 1 heterocycles. The molecule has 1 aromatic heterocycles. The summed E-state index contributed by atoms with van der Waals surface area (Å²) in [6.45, 7) is 3.91. The summed E-state index contributed by atoms with van der Waals surface area (Å²) in [5.41, 5.74) is 1.16. The largest absolute Gasteiger partial charge is 0.316 e. The molecule has 1 rings (SSSR count). The first-order valence-electron chi connectivity index (χ1n) is 4.21. The molecular formula is C9H15N3. The summed E-state index contributed by atoms with van der Waals surface area (Å²) >= 11 is 0. The van der Waals surface area contributed by atoms with E-state index in [1.165, 1.54) is 0 Å². The van der Waals surface area contributed by atoms with Crippen LogP contribution in [0.5, 0.6) is 0 Å². The lowest BCUT2D eigenvalue weighted by Crippen LogP contribution is -2.04. The molecule has 3 heteroatoms. The lowest BCUT2D eigenvalue weighted by atomic mass is 10.3. The van der Waals surface area contributed by atoms with Gasteiger partial charge in [-0.05, 0) is 26.1 Å². The molecule has 1 aromatic rings. The van der Waals surface area contributed by atoms with E-state index in [2.05, 4.69) is 29.5 Å². The SMILES string of the molecule is CCn1nccc1/C=C/CNC. The van der Waals surface area contributed by atoms with E-state index in [1.807, 2.05) is 24.0 Å². The molecule has 0 unspecified atom stereocenters. The minimum atomic E-state index is 0.898. The fraction of sp³-hybridized carbons (Fsp3) is 0.444. The number of hydrogen-bond donors (Lipinski definition) is 1. The number of nitrogens with zero attached hydrogens (tertiary/aromatic N) is 2. The molecule has 0 radical (unpaired) electrons. The van der Waals surface area contributed by atoms with Crippen LogP contribution in [0.25, 0.3) is 6.08 Å². The molecule has 0 aliphatic rings. The van der Waals surface area contributed by atoms with Crippen molar-refractivity contribution in [2.45, 2.75) is 13.5 Å². The minimum absolute atomic E-state index is 0.898. The van der Waals surface area contributed by atoms with Crippen molar-refractivity contribution < 1.29 is 0 Å². The third-order valence-corrected chi connectivity index (χ3v) is 1.66. The highest BCUT2D eigenvalue weighted by atomic mass is 15.3. The maximum Gasteiger partial charge on any atom is 0.0607 e. The summed E-state index contributed by atoms with van der Waals surface area (Å²) < 4.78 is 1.96. The Bertz CT molecular complexity index is 250. The summed E-state index contributed by atoms with van der Waals surface area (Å²) in [5.74, 6) is 0. The van der Waals surface area contributed by atoms with Crippen molar-refractivity contribution >= 4 is 6.08 Å². The molecule has 0 saturated carbocycles. The molecule has 0 fully saturated rings. The number of rotatable bonds is 4. The first-order valence-corrected chi connectivity index (χ1v) is 4.21. The Morgan fingerprint density at radius 1 is 1.67 bits per heavy atom. The Morgan fingerprint density at radius 2 is 2.50 bits per heavy atom. The Kier molecular flexibility index (Phi) is 3.54. The second-order valence-electron chi connectivity index (χ2n) is 2.53. The van der Waals surface area contributed by atoms with E-state index in [4.69, 9.17) is 0 Å². The van der Waals surface area contributed by atoms with E-state index in [-0.39, 0.29) is 0 Å². The predicted molar refractivity (Wildman–Crippen MR) is 50.9 cm³/mol. The van der Waals surface area contributed by atoms with Gasteiger partial charge < -0.3 is 5.32 Å². The van der Waals surface area contributed by atoms with Crippen molar-refractivity contribution in [2.75, 3.05) is 13.6 Å². The number of aromatic nitrogens is 2. The Morgan fingerprint density at radius 3 is 3.17 bits per heavy atom. The van der Waals surface area contributed by atoms with Gasteiger partial charge in [0.2, 0.25) is 0 Å². The van der Waals surface area contributed by atoms with Gasteiger partial charge in [-0.25, -0.2) is 0 Å². The topological polar surface area (TPSA) is 29.9 Å². The van der Waals surface area contributed by atoms with Crippen LogP contribution in [0.2, 0.25) is 0 Å². The molecule has 0 spiro atoms. The summed E-state index contributed by atoms with van der Waals surface area (Å²) in [4.78, 5) is 0. The first-order chi connectivity index (χ1) is 5.88. The van der Waals surface area contributed by atoms with Crippen LogP contribution in [0.15, 0.2) is 18.3 Å². The molecule has 0 atom stereocenters. The van der Waals surface area contributed by atoms with Crippen LogP contribution in [-0.2, 0) is 6.54 Å². The smallest absolute Gasteiger partial charge is 0.0607 e. The van der Waals surface area contributed by atoms with Crippen LogP contribution in [0.1, 0.15) is 12.6 Å². The van der Waals surface area contributed by atoms with Gasteiger partial charge in [-0.15, -0.1) is 0 Å². The van der Waals surface area contributed by atoms with E-state index in [0.29, 0.717) is 0 Å². The van der Waals surface area contributed by atoms with Gasteiger partial charge in [-0.1, -0.05) is 6.08 Å². The maximum absolute atomic E-state index is 4.16. The normalized spacial score (nSPS) is 11.2. The summed E-state index contributed by atoms with van der Waals surface area (Å²) in [6, 6.07) is 2.01. The molecule has 0 aliphatic heterocycles. The monoisotopic (exact) mass is 165 g/mol. The van der Waals surface area contributed by atoms with Crippen LogP contribution in [0.4, 0.5) is 0 Å². The van der Waals surface area contributed by atoms with Crippen molar-refractivity contribution in [1.29, 1.82) is 0 Å². The average Bonchev–Trinajstić information content (AvgIpc) is 2.52. The second kappa shape index (κ2) is 4.72. The van der Waals surface area contributed by atoms with E-state index in [1.54, 1.807) is 0 Å². The zero-order valence-corrected chi connectivity index (χ0v) is 7.62. The molecule has 3 nitrogen and oxygen atoms in total. The van der Waals surface area contributed by atoms with E-state index < -0.39 is 0 Å². The van der Waals surface area contributed by atoms with Crippen molar-refractivity contribution in [2.24, 2.45) is 0 Å². The average molecular weight is 165 g/mol. The standard InChI is InChI=1S/C9H15N3/c1-3-12-9(6-8-11-12)5-4-7-10-2/h4-6,8,10H,3,7H2,1-2H3/b5-4+. The van der Waals surface area contributed by atoms with Gasteiger partial charge in [0.15, 0.2) is 0 Å². The van der Waals surface area contributed by atoms with Crippen LogP contribution in [0.3, 0.4) is 0 Å². The van der Waals surface area contributed by atoms with Gasteiger partial charge >= 0.3 is 0 Å². The summed E-state index contributed by atoms with van der Waals surface area (Å²) in [6.07, 6.45) is 5.98. The fourth-order valence-electron chi connectivity index (χ4n) is 1.05. The van der Waals surface area contributed by atoms with Crippen LogP contribution in [-0.4, -0.2) is 23.4 Å². The minimum Gasteiger partial charge on any atom is -0.316 e. The van der Waals surface area contributed by atoms with Crippen molar-refractivity contribution in [3.05, 3.63) is 24.0 Å². The summed E-state index contributed by atoms with van der Waals surface area (Å²) in [7, 11) is 1.93. The maximum atomic E-state index is 4.16. The van der Waals surface area contributed by atoms with Crippen molar-refractivity contribution in [3.8, 4) is 0 Å². The molecule has 1 N–H and O–H groups in total. The molecule has 12 heavy (non-hydrogen) atoms. The van der Waals surface area contributed by atoms with E-state index >= 15 is 0 Å². The first kappa shape index (κ1) is 9.00. The van der Waals surface area contributed by atoms with E-state index in [0.717, 1.165) is 18.8 Å². The summed E-state index contributed by atoms with van der Waals surface area (Å²) in [5, 5.41) is 7.21. The third kappa shape index (κ3) is 2.20. The van der Waals surface area contributed by atoms with Gasteiger partial charge in [-0.2, -0.15) is 5.10 Å². The fourth-order valence-corrected chi connectivity index (χ4v) is 1.05. The zero-order valence-electron chi connectivity index (χ0n) is 7.62. The molecule has 0 bridgehead atoms. The number of hydrogen-bond acceptors (Lipinski definition) is 2. The van der Waals surface area contributed by atoms with Crippen molar-refractivity contribution in [3.63, 3.8) is 0 Å². The van der Waals surface area contributed by atoms with Crippen LogP contribution >= 0.6 is 0 Å². The lowest BCUT2D eigenvalue weighted by molar-refractivity contribution is 0.653. The number of aryl methyl sites for hydroxylation is 1. The molecule has 66 valence electrons. The Labute approximate surface area is 73.1 Å². The van der Waals surface area contributed by atoms with E-state index in [9.17, 15) is 0 Å². The molecule has 0 saturated heterocycles. The highest BCUT2D eigenvalue weighted by Gasteiger charge is 1.93. The molecule has 0 aliphatic carbocycles. The predicted octanol–water partition coefficient (Wildman–Crippen LogP) is 1.14. The van der Waals surface area contributed by atoms with Crippen LogP contribution in [0, 0.1) is 0 Å². The van der Waals surface area contributed by atoms with Crippen LogP contribution < -0.4 is 5.32 Å². The second-order valence-corrected chi connectivity index (χ2v) is 2.53. The lowest BCUT2D eigenvalue weighted by Gasteiger charge is -1.98. The Balaban J connectivity index is 2.61. The third-order valence-electron chi connectivity index (χ3n) is 1.66. The quantitative estimate of drug-likeness (QED) is 0.725. The van der Waals surface area contributed by atoms with Gasteiger partial charge in [0.05, 0.1) is 5.69 Å².